The van der Waals surface area contributed by atoms with Crippen LogP contribution in [0.15, 0.2) is 200 Å². The van der Waals surface area contributed by atoms with Gasteiger partial charge in [0.15, 0.2) is 5.82 Å². The number of benzene rings is 9. The Labute approximate surface area is 420 Å². The summed E-state index contributed by atoms with van der Waals surface area (Å²) in [6, 6.07) is 62.5. The third-order valence-electron chi connectivity index (χ3n) is 13.6. The second kappa shape index (κ2) is 17.5. The first-order chi connectivity index (χ1) is 35.7. The largest absolute Gasteiger partial charge is 0.416 e. The molecule has 0 unspecified atom stereocenters. The molecule has 0 aliphatic heterocycles. The van der Waals surface area contributed by atoms with Gasteiger partial charge in [-0.1, -0.05) is 121 Å². The van der Waals surface area contributed by atoms with Crippen LogP contribution < -0.4 is 0 Å². The molecule has 0 N–H and O–H groups in total. The van der Waals surface area contributed by atoms with Gasteiger partial charge in [-0.2, -0.15) is 31.6 Å². The number of hydrogen-bond donors (Lipinski definition) is 0. The van der Waals surface area contributed by atoms with E-state index in [1.807, 2.05) is 164 Å². The van der Waals surface area contributed by atoms with E-state index in [2.05, 4.69) is 15.2 Å². The first kappa shape index (κ1) is 45.8. The van der Waals surface area contributed by atoms with Crippen LogP contribution in [0.25, 0.3) is 111 Å². The lowest BCUT2D eigenvalue weighted by molar-refractivity contribution is -0.138. The molecule has 0 fully saturated rings. The van der Waals surface area contributed by atoms with Gasteiger partial charge in [-0.05, 0) is 126 Å². The highest BCUT2D eigenvalue weighted by molar-refractivity contribution is 6.13. The van der Waals surface area contributed by atoms with Crippen molar-refractivity contribution < 1.29 is 26.3 Å². The number of fused-ring (bicyclic) bond motifs is 6. The van der Waals surface area contributed by atoms with E-state index in [1.165, 1.54) is 12.1 Å². The monoisotopic (exact) mass is 979 g/mol. The molecule has 5 nitrogen and oxygen atoms in total. The highest BCUT2D eigenvalue weighted by Gasteiger charge is 2.33. The van der Waals surface area contributed by atoms with Crippen LogP contribution in [0.2, 0.25) is 0 Å². The molecule has 0 aliphatic carbocycles. The van der Waals surface area contributed by atoms with Crippen LogP contribution in [0.1, 0.15) is 27.8 Å². The zero-order valence-corrected chi connectivity index (χ0v) is 39.6. The normalized spacial score (nSPS) is 12.0. The fraction of sp³-hybridized carbons (Fsp3) is 0.0635. The third kappa shape index (κ3) is 8.01. The minimum absolute atomic E-state index is 0.310. The first-order valence-electron chi connectivity index (χ1n) is 23.7. The minimum atomic E-state index is -4.54. The summed E-state index contributed by atoms with van der Waals surface area (Å²) in [7, 11) is 0. The Balaban J connectivity index is 1.20. The summed E-state index contributed by atoms with van der Waals surface area (Å²) in [6.07, 6.45) is -9.08. The van der Waals surface area contributed by atoms with Crippen LogP contribution in [-0.4, -0.2) is 19.1 Å². The first-order valence-corrected chi connectivity index (χ1v) is 23.7. The van der Waals surface area contributed by atoms with Crippen molar-refractivity contribution in [2.45, 2.75) is 26.2 Å². The van der Waals surface area contributed by atoms with E-state index in [4.69, 9.17) is 9.97 Å². The minimum Gasteiger partial charge on any atom is -0.308 e. The smallest absolute Gasteiger partial charge is 0.308 e. The van der Waals surface area contributed by atoms with E-state index in [9.17, 15) is 31.6 Å². The van der Waals surface area contributed by atoms with Crippen LogP contribution in [0, 0.1) is 25.2 Å². The van der Waals surface area contributed by atoms with E-state index >= 15 is 0 Å². The molecule has 74 heavy (non-hydrogen) atoms. The van der Waals surface area contributed by atoms with Gasteiger partial charge in [0.25, 0.3) is 0 Å². The van der Waals surface area contributed by atoms with Crippen LogP contribution in [0.4, 0.5) is 26.3 Å². The molecule has 0 spiro atoms. The summed E-state index contributed by atoms with van der Waals surface area (Å²) >= 11 is 0. The Morgan fingerprint density at radius 3 is 1.22 bits per heavy atom. The Kier molecular flexibility index (Phi) is 10.8. The lowest BCUT2D eigenvalue weighted by Gasteiger charge is -2.21. The van der Waals surface area contributed by atoms with E-state index in [0.29, 0.717) is 84.1 Å². The van der Waals surface area contributed by atoms with Crippen molar-refractivity contribution in [2.24, 2.45) is 0 Å². The predicted octanol–water partition coefficient (Wildman–Crippen LogP) is 17.5. The van der Waals surface area contributed by atoms with E-state index in [0.717, 1.165) is 55.8 Å². The fourth-order valence-electron chi connectivity index (χ4n) is 10.4. The number of halogens is 6. The number of nitrogens with zero attached hydrogens (tertiary/aromatic N) is 5. The van der Waals surface area contributed by atoms with Gasteiger partial charge in [0.2, 0.25) is 0 Å². The fourth-order valence-corrected chi connectivity index (χ4v) is 10.4. The lowest BCUT2D eigenvalue weighted by atomic mass is 9.98. The summed E-state index contributed by atoms with van der Waals surface area (Å²) in [6.45, 7) is 3.30. The highest BCUT2D eigenvalue weighted by Crippen LogP contribution is 2.45. The molecule has 0 amide bonds. The summed E-state index contributed by atoms with van der Waals surface area (Å²) < 4.78 is 89.2. The molecule has 0 bridgehead atoms. The third-order valence-corrected chi connectivity index (χ3v) is 13.6. The van der Waals surface area contributed by atoms with Gasteiger partial charge in [-0.25, -0.2) is 9.97 Å². The van der Waals surface area contributed by atoms with Crippen molar-refractivity contribution in [2.75, 3.05) is 0 Å². The molecule has 0 radical (unpaired) electrons. The molecule has 358 valence electrons. The molecule has 0 saturated carbocycles. The maximum absolute atomic E-state index is 14.2. The number of alkyl halides is 6. The Morgan fingerprint density at radius 2 is 0.797 bits per heavy atom. The maximum atomic E-state index is 14.2. The van der Waals surface area contributed by atoms with Crippen molar-refractivity contribution in [1.29, 1.82) is 5.26 Å². The van der Waals surface area contributed by atoms with Crippen molar-refractivity contribution >= 4 is 43.6 Å². The number of rotatable bonds is 7. The molecule has 0 aliphatic rings. The summed E-state index contributed by atoms with van der Waals surface area (Å²) in [5.41, 5.74) is 9.39. The van der Waals surface area contributed by atoms with Gasteiger partial charge in [0, 0.05) is 32.7 Å². The highest BCUT2D eigenvalue weighted by atomic mass is 19.4. The van der Waals surface area contributed by atoms with Crippen molar-refractivity contribution in [3.8, 4) is 73.6 Å². The van der Waals surface area contributed by atoms with Crippen molar-refractivity contribution in [3.05, 3.63) is 228 Å². The Hall–Kier alpha value is -9.27. The quantitative estimate of drug-likeness (QED) is 0.150. The zero-order valence-electron chi connectivity index (χ0n) is 39.6. The molecule has 11 heteroatoms. The van der Waals surface area contributed by atoms with Gasteiger partial charge in [-0.15, -0.1) is 0 Å². The lowest BCUT2D eigenvalue weighted by Crippen LogP contribution is -2.07. The second-order valence-electron chi connectivity index (χ2n) is 18.5. The number of nitriles is 1. The van der Waals surface area contributed by atoms with Gasteiger partial charge in [0.05, 0.1) is 73.2 Å². The van der Waals surface area contributed by atoms with E-state index in [1.54, 1.807) is 26.0 Å². The molecule has 12 aromatic rings. The average molecular weight is 980 g/mol. The summed E-state index contributed by atoms with van der Waals surface area (Å²) in [5.74, 6) is 0.337. The summed E-state index contributed by atoms with van der Waals surface area (Å²) in [5, 5.41) is 14.2. The molecule has 3 aromatic heterocycles. The van der Waals surface area contributed by atoms with Gasteiger partial charge < -0.3 is 9.13 Å². The van der Waals surface area contributed by atoms with Gasteiger partial charge >= 0.3 is 12.4 Å². The van der Waals surface area contributed by atoms with Crippen LogP contribution >= 0.6 is 0 Å². The van der Waals surface area contributed by atoms with Crippen molar-refractivity contribution in [3.63, 3.8) is 0 Å². The van der Waals surface area contributed by atoms with Crippen LogP contribution in [0.5, 0.6) is 0 Å². The molecule has 0 atom stereocenters. The number of aryl methyl sites for hydroxylation is 2. The SMILES string of the molecule is Cc1cc(-c2ccc3c(c2)c2ccccc2n3-c2cc(C#N)cc(-n3c4ccccc4c4cc(-c5cc(C)cc(C(F)(F)F)c5)ccc43)c2-c2nc(-c3ccccc3)cc(-c3ccccc3)n2)cc(C(F)(F)F)c1. The second-order valence-corrected chi connectivity index (χ2v) is 18.5. The topological polar surface area (TPSA) is 59.4 Å². The zero-order chi connectivity index (χ0) is 51.0. The van der Waals surface area contributed by atoms with Crippen LogP contribution in [-0.2, 0) is 12.4 Å². The number of hydrogen-bond acceptors (Lipinski definition) is 3. The number of para-hydroxylation sites is 2. The molecular weight excluding hydrogens is 941 g/mol. The van der Waals surface area contributed by atoms with Gasteiger partial charge in [0.1, 0.15) is 0 Å². The standard InChI is InChI=1S/C63H39F6N5/c1-37-25-44(31-46(27-37)62(64,65)66)42-21-23-56-50(33-42)48-17-9-11-19-54(48)73(56)58-29-39(36-70)30-59(60(58)61-71-52(40-13-5-3-6-14-40)35-53(72-61)41-15-7-4-8-16-41)74-55-20-12-10-18-49(55)51-34-43(22-24-57(51)74)45-26-38(2)28-47(32-45)63(67,68)69/h3-35H,1-2H3. The van der Waals surface area contributed by atoms with E-state index in [-0.39, 0.29) is 0 Å². The Bertz CT molecular complexity index is 4000. The predicted molar refractivity (Wildman–Crippen MR) is 282 cm³/mol. The van der Waals surface area contributed by atoms with E-state index < -0.39 is 23.5 Å². The summed E-state index contributed by atoms with van der Waals surface area (Å²) in [4.78, 5) is 10.8. The molecule has 3 heterocycles. The van der Waals surface area contributed by atoms with Crippen LogP contribution in [0.3, 0.4) is 0 Å². The Morgan fingerprint density at radius 1 is 0.392 bits per heavy atom. The molecular formula is C63H39F6N5. The molecule has 12 rings (SSSR count). The molecule has 0 saturated heterocycles. The van der Waals surface area contributed by atoms with Crippen molar-refractivity contribution in [1.82, 2.24) is 19.1 Å². The number of aromatic nitrogens is 4. The van der Waals surface area contributed by atoms with Gasteiger partial charge in [-0.3, -0.25) is 0 Å². The molecule has 9 aromatic carbocycles. The maximum Gasteiger partial charge on any atom is 0.416 e. The average Bonchev–Trinajstić information content (AvgIpc) is 3.92.